The van der Waals surface area contributed by atoms with Crippen molar-refractivity contribution in [1.29, 1.82) is 0 Å². The van der Waals surface area contributed by atoms with Gasteiger partial charge in [0.1, 0.15) is 0 Å². The number of rotatable bonds is 2. The van der Waals surface area contributed by atoms with E-state index in [0.717, 1.165) is 36.5 Å². The van der Waals surface area contributed by atoms with Crippen molar-refractivity contribution in [3.63, 3.8) is 0 Å². The fourth-order valence-corrected chi connectivity index (χ4v) is 1.82. The summed E-state index contributed by atoms with van der Waals surface area (Å²) in [5, 5.41) is 0. The van der Waals surface area contributed by atoms with Crippen LogP contribution in [0.2, 0.25) is 0 Å². The van der Waals surface area contributed by atoms with Gasteiger partial charge in [0.05, 0.1) is 17.2 Å². The Hall–Kier alpha value is -0.680. The molecule has 1 aliphatic heterocycles. The molecule has 1 fully saturated rings. The lowest BCUT2D eigenvalue weighted by atomic mass is 10.2. The molecule has 5 heteroatoms. The highest BCUT2D eigenvalue weighted by atomic mass is 79.9. The third kappa shape index (κ3) is 2.66. The van der Waals surface area contributed by atoms with Crippen molar-refractivity contribution in [3.8, 4) is 0 Å². The Bertz CT molecular complexity index is 317. The van der Waals surface area contributed by atoms with Crippen LogP contribution >= 0.6 is 15.9 Å². The summed E-state index contributed by atoms with van der Waals surface area (Å²) in [6.45, 7) is 4.66. The van der Waals surface area contributed by atoms with Crippen LogP contribution in [0.25, 0.3) is 0 Å². The normalized spacial score (nSPS) is 21.7. The van der Waals surface area contributed by atoms with Crippen molar-refractivity contribution in [2.75, 3.05) is 24.6 Å². The molecule has 0 amide bonds. The topological polar surface area (TPSA) is 38.2 Å². The van der Waals surface area contributed by atoms with Gasteiger partial charge in [-0.1, -0.05) is 6.92 Å². The molecule has 0 aromatic carbocycles. The summed E-state index contributed by atoms with van der Waals surface area (Å²) in [6.07, 6.45) is 4.90. The van der Waals surface area contributed by atoms with E-state index in [1.807, 2.05) is 0 Å². The molecule has 2 rings (SSSR count). The van der Waals surface area contributed by atoms with Gasteiger partial charge < -0.3 is 9.64 Å². The van der Waals surface area contributed by atoms with Crippen molar-refractivity contribution < 1.29 is 4.74 Å². The van der Waals surface area contributed by atoms with Gasteiger partial charge in [0.15, 0.2) is 0 Å². The minimum atomic E-state index is 0.311. The van der Waals surface area contributed by atoms with Crippen molar-refractivity contribution in [2.45, 2.75) is 19.4 Å². The molecule has 1 saturated heterocycles. The summed E-state index contributed by atoms with van der Waals surface area (Å²) in [5.41, 5.74) is 0. The van der Waals surface area contributed by atoms with Gasteiger partial charge in [-0.05, 0) is 22.4 Å². The molecule has 0 N–H and O–H groups in total. The van der Waals surface area contributed by atoms with E-state index in [2.05, 4.69) is 37.7 Å². The maximum absolute atomic E-state index is 5.60. The van der Waals surface area contributed by atoms with Crippen LogP contribution in [0.3, 0.4) is 0 Å². The zero-order valence-electron chi connectivity index (χ0n) is 8.69. The second kappa shape index (κ2) is 4.90. The molecule has 4 nitrogen and oxygen atoms in total. The smallest absolute Gasteiger partial charge is 0.225 e. The highest BCUT2D eigenvalue weighted by molar-refractivity contribution is 9.10. The Kier molecular flexibility index (Phi) is 3.53. The molecule has 0 aliphatic carbocycles. The molecule has 0 radical (unpaired) electrons. The van der Waals surface area contributed by atoms with E-state index in [4.69, 9.17) is 4.74 Å². The number of halogens is 1. The number of hydrogen-bond donors (Lipinski definition) is 0. The quantitative estimate of drug-likeness (QED) is 0.823. The Balaban J connectivity index is 2.06. The Labute approximate surface area is 97.8 Å². The van der Waals surface area contributed by atoms with Crippen molar-refractivity contribution in [2.24, 2.45) is 0 Å². The molecule has 1 aromatic heterocycles. The summed E-state index contributed by atoms with van der Waals surface area (Å²) >= 11 is 3.33. The standard InChI is InChI=1S/C10H14BrN3O/c1-2-9-7-14(3-4-15-9)10-12-5-8(11)6-13-10/h5-6,9H,2-4,7H2,1H3. The van der Waals surface area contributed by atoms with Crippen LogP contribution < -0.4 is 4.90 Å². The lowest BCUT2D eigenvalue weighted by molar-refractivity contribution is 0.0379. The van der Waals surface area contributed by atoms with Crippen LogP contribution in [0, 0.1) is 0 Å². The number of nitrogens with zero attached hydrogens (tertiary/aromatic N) is 3. The fraction of sp³-hybridized carbons (Fsp3) is 0.600. The van der Waals surface area contributed by atoms with Crippen molar-refractivity contribution >= 4 is 21.9 Å². The Morgan fingerprint density at radius 1 is 1.53 bits per heavy atom. The van der Waals surface area contributed by atoms with Crippen LogP contribution in [0.5, 0.6) is 0 Å². The Morgan fingerprint density at radius 2 is 2.27 bits per heavy atom. The zero-order valence-corrected chi connectivity index (χ0v) is 10.3. The van der Waals surface area contributed by atoms with Gasteiger partial charge in [-0.3, -0.25) is 0 Å². The van der Waals surface area contributed by atoms with Crippen LogP contribution in [-0.2, 0) is 4.74 Å². The van der Waals surface area contributed by atoms with Gasteiger partial charge in [0, 0.05) is 25.5 Å². The van der Waals surface area contributed by atoms with Gasteiger partial charge >= 0.3 is 0 Å². The summed E-state index contributed by atoms with van der Waals surface area (Å²) in [4.78, 5) is 10.7. The molecule has 2 heterocycles. The maximum Gasteiger partial charge on any atom is 0.225 e. The van der Waals surface area contributed by atoms with E-state index < -0.39 is 0 Å². The van der Waals surface area contributed by atoms with Gasteiger partial charge in [0.2, 0.25) is 5.95 Å². The van der Waals surface area contributed by atoms with Crippen molar-refractivity contribution in [3.05, 3.63) is 16.9 Å². The fourth-order valence-electron chi connectivity index (χ4n) is 1.62. The minimum Gasteiger partial charge on any atom is -0.375 e. The van der Waals surface area contributed by atoms with Crippen LogP contribution in [-0.4, -0.2) is 35.8 Å². The summed E-state index contributed by atoms with van der Waals surface area (Å²) in [6, 6.07) is 0. The first kappa shape index (κ1) is 10.8. The second-order valence-corrected chi connectivity index (χ2v) is 4.46. The van der Waals surface area contributed by atoms with Crippen molar-refractivity contribution in [1.82, 2.24) is 9.97 Å². The first-order valence-electron chi connectivity index (χ1n) is 5.13. The second-order valence-electron chi connectivity index (χ2n) is 3.55. The van der Waals surface area contributed by atoms with Gasteiger partial charge in [-0.15, -0.1) is 0 Å². The average molecular weight is 272 g/mol. The molecule has 15 heavy (non-hydrogen) atoms. The molecule has 0 bridgehead atoms. The zero-order chi connectivity index (χ0) is 10.7. The number of ether oxygens (including phenoxy) is 1. The van der Waals surface area contributed by atoms with Crippen LogP contribution in [0.1, 0.15) is 13.3 Å². The largest absolute Gasteiger partial charge is 0.375 e. The summed E-state index contributed by atoms with van der Waals surface area (Å²) < 4.78 is 6.50. The van der Waals surface area contributed by atoms with E-state index in [1.54, 1.807) is 12.4 Å². The SMILES string of the molecule is CCC1CN(c2ncc(Br)cn2)CCO1. The number of anilines is 1. The Morgan fingerprint density at radius 3 is 2.93 bits per heavy atom. The van der Waals surface area contributed by atoms with Crippen LogP contribution in [0.15, 0.2) is 16.9 Å². The lowest BCUT2D eigenvalue weighted by Gasteiger charge is -2.32. The molecular weight excluding hydrogens is 258 g/mol. The number of hydrogen-bond acceptors (Lipinski definition) is 4. The molecular formula is C10H14BrN3O. The van der Waals surface area contributed by atoms with Gasteiger partial charge in [-0.25, -0.2) is 9.97 Å². The predicted molar refractivity (Wildman–Crippen MR) is 62.0 cm³/mol. The third-order valence-electron chi connectivity index (χ3n) is 2.48. The van der Waals surface area contributed by atoms with Gasteiger partial charge in [0.25, 0.3) is 0 Å². The average Bonchev–Trinajstić information content (AvgIpc) is 2.30. The molecule has 1 aromatic rings. The maximum atomic E-state index is 5.60. The molecule has 0 saturated carbocycles. The first-order valence-corrected chi connectivity index (χ1v) is 5.93. The van der Waals surface area contributed by atoms with Crippen LogP contribution in [0.4, 0.5) is 5.95 Å². The summed E-state index contributed by atoms with van der Waals surface area (Å²) in [7, 11) is 0. The number of aromatic nitrogens is 2. The molecule has 1 unspecified atom stereocenters. The minimum absolute atomic E-state index is 0.311. The van der Waals surface area contributed by atoms with E-state index in [1.165, 1.54) is 0 Å². The molecule has 0 spiro atoms. The van der Waals surface area contributed by atoms with E-state index in [9.17, 15) is 0 Å². The molecule has 1 aliphatic rings. The highest BCUT2D eigenvalue weighted by Gasteiger charge is 2.20. The molecule has 82 valence electrons. The third-order valence-corrected chi connectivity index (χ3v) is 2.89. The first-order chi connectivity index (χ1) is 7.29. The lowest BCUT2D eigenvalue weighted by Crippen LogP contribution is -2.43. The monoisotopic (exact) mass is 271 g/mol. The van der Waals surface area contributed by atoms with Gasteiger partial charge in [-0.2, -0.15) is 0 Å². The molecule has 1 atom stereocenters. The number of morpholine rings is 1. The summed E-state index contributed by atoms with van der Waals surface area (Å²) in [5.74, 6) is 0.792. The highest BCUT2D eigenvalue weighted by Crippen LogP contribution is 2.15. The van der Waals surface area contributed by atoms with E-state index >= 15 is 0 Å². The van der Waals surface area contributed by atoms with E-state index in [-0.39, 0.29) is 0 Å². The predicted octanol–water partition coefficient (Wildman–Crippen LogP) is 1.85. The van der Waals surface area contributed by atoms with E-state index in [0.29, 0.717) is 6.10 Å².